The summed E-state index contributed by atoms with van der Waals surface area (Å²) in [6.07, 6.45) is 0. The van der Waals surface area contributed by atoms with E-state index in [4.69, 9.17) is 0 Å². The van der Waals surface area contributed by atoms with E-state index in [1.165, 1.54) is 4.57 Å². The third-order valence-electron chi connectivity index (χ3n) is 1.81. The molecule has 1 heterocycles. The molecular weight excluding hydrogens is 162 g/mol. The second-order valence-corrected chi connectivity index (χ2v) is 3.35. The van der Waals surface area contributed by atoms with Gasteiger partial charge in [0.25, 0.3) is 0 Å². The molecule has 1 aromatic heterocycles. The lowest BCUT2D eigenvalue weighted by atomic mass is 10.3. The molecule has 1 aromatic rings. The molecule has 0 amide bonds. The molecule has 0 fully saturated rings. The molecule has 0 aliphatic rings. The first-order chi connectivity index (χ1) is 5.04. The average Bonchev–Trinajstić information content (AvgIpc) is 1.97. The molecular formula is C7H9NO2S. The Kier molecular flexibility index (Phi) is 1.95. The standard InChI is InChI=1S/C7H9NO2S/c1-4-5(2)8(3)7(10)11-6(4)9/h1-3H3. The minimum Gasteiger partial charge on any atom is -0.307 e. The maximum atomic E-state index is 11.0. The van der Waals surface area contributed by atoms with Crippen molar-refractivity contribution in [2.24, 2.45) is 7.05 Å². The quantitative estimate of drug-likeness (QED) is 0.567. The number of nitrogens with zero attached hydrogens (tertiary/aromatic N) is 1. The number of hydrogen-bond donors (Lipinski definition) is 0. The fourth-order valence-corrected chi connectivity index (χ4v) is 1.49. The van der Waals surface area contributed by atoms with E-state index in [9.17, 15) is 9.59 Å². The van der Waals surface area contributed by atoms with Gasteiger partial charge in [-0.15, -0.1) is 0 Å². The average molecular weight is 171 g/mol. The predicted molar refractivity (Wildman–Crippen MR) is 45.3 cm³/mol. The van der Waals surface area contributed by atoms with E-state index in [1.54, 1.807) is 20.9 Å². The Balaban J connectivity index is 3.73. The molecule has 60 valence electrons. The normalized spacial score (nSPS) is 10.1. The van der Waals surface area contributed by atoms with Gasteiger partial charge < -0.3 is 4.57 Å². The Labute approximate surface area is 67.9 Å². The lowest BCUT2D eigenvalue weighted by Gasteiger charge is -2.02. The van der Waals surface area contributed by atoms with Crippen LogP contribution in [-0.2, 0) is 7.05 Å². The SMILES string of the molecule is Cc1c(C)n(C)c(=O)sc1=O. The van der Waals surface area contributed by atoms with E-state index in [1.807, 2.05) is 0 Å². The van der Waals surface area contributed by atoms with Crippen LogP contribution in [0, 0.1) is 13.8 Å². The maximum Gasteiger partial charge on any atom is 0.310 e. The van der Waals surface area contributed by atoms with E-state index in [-0.39, 0.29) is 9.62 Å². The zero-order chi connectivity index (χ0) is 8.59. The zero-order valence-corrected chi connectivity index (χ0v) is 7.49. The summed E-state index contributed by atoms with van der Waals surface area (Å²) in [6, 6.07) is 0. The predicted octanol–water partition coefficient (Wildman–Crippen LogP) is 0.424. The Bertz CT molecular complexity index is 354. The minimum absolute atomic E-state index is 0.134. The highest BCUT2D eigenvalue weighted by atomic mass is 32.1. The van der Waals surface area contributed by atoms with E-state index in [0.29, 0.717) is 5.56 Å². The largest absolute Gasteiger partial charge is 0.310 e. The molecule has 0 saturated carbocycles. The van der Waals surface area contributed by atoms with Crippen molar-refractivity contribution in [3.63, 3.8) is 0 Å². The fourth-order valence-electron chi connectivity index (χ4n) is 0.761. The van der Waals surface area contributed by atoms with Crippen LogP contribution in [0.25, 0.3) is 0 Å². The summed E-state index contributed by atoms with van der Waals surface area (Å²) in [5, 5.41) is 0. The van der Waals surface area contributed by atoms with Crippen molar-refractivity contribution in [3.05, 3.63) is 30.5 Å². The molecule has 0 aromatic carbocycles. The molecule has 1 rings (SSSR count). The Morgan fingerprint density at radius 3 is 2.36 bits per heavy atom. The maximum absolute atomic E-state index is 11.0. The third-order valence-corrected chi connectivity index (χ3v) is 2.75. The van der Waals surface area contributed by atoms with Gasteiger partial charge in [0, 0.05) is 18.3 Å². The summed E-state index contributed by atoms with van der Waals surface area (Å²) in [5.74, 6) is 0. The van der Waals surface area contributed by atoms with Crippen LogP contribution >= 0.6 is 11.3 Å². The first-order valence-electron chi connectivity index (χ1n) is 3.21. The summed E-state index contributed by atoms with van der Waals surface area (Å²) in [7, 11) is 1.67. The van der Waals surface area contributed by atoms with Crippen LogP contribution in [0.4, 0.5) is 0 Å². The third kappa shape index (κ3) is 1.26. The van der Waals surface area contributed by atoms with E-state index < -0.39 is 0 Å². The second-order valence-electron chi connectivity index (χ2n) is 2.42. The summed E-state index contributed by atoms with van der Waals surface area (Å²) < 4.78 is 1.35. The molecule has 0 saturated heterocycles. The molecule has 0 N–H and O–H groups in total. The van der Waals surface area contributed by atoms with Gasteiger partial charge in [-0.25, -0.2) is 0 Å². The van der Waals surface area contributed by atoms with Crippen molar-refractivity contribution < 1.29 is 0 Å². The highest BCUT2D eigenvalue weighted by molar-refractivity contribution is 7.06. The van der Waals surface area contributed by atoms with Crippen molar-refractivity contribution in [1.29, 1.82) is 0 Å². The van der Waals surface area contributed by atoms with Gasteiger partial charge in [0.15, 0.2) is 0 Å². The van der Waals surface area contributed by atoms with Gasteiger partial charge in [-0.3, -0.25) is 9.59 Å². The molecule has 0 atom stereocenters. The molecule has 0 aliphatic carbocycles. The van der Waals surface area contributed by atoms with Gasteiger partial charge in [-0.05, 0) is 25.2 Å². The second kappa shape index (κ2) is 2.62. The Morgan fingerprint density at radius 2 is 1.82 bits per heavy atom. The summed E-state index contributed by atoms with van der Waals surface area (Å²) in [5.41, 5.74) is 1.41. The lowest BCUT2D eigenvalue weighted by Crippen LogP contribution is -2.22. The van der Waals surface area contributed by atoms with Crippen LogP contribution < -0.4 is 9.62 Å². The van der Waals surface area contributed by atoms with E-state index in [0.717, 1.165) is 17.0 Å². The summed E-state index contributed by atoms with van der Waals surface area (Å²) in [4.78, 5) is 21.8. The van der Waals surface area contributed by atoms with Crippen molar-refractivity contribution in [2.45, 2.75) is 13.8 Å². The van der Waals surface area contributed by atoms with Gasteiger partial charge in [0.1, 0.15) is 0 Å². The van der Waals surface area contributed by atoms with Gasteiger partial charge in [-0.1, -0.05) is 0 Å². The number of rotatable bonds is 0. The highest BCUT2D eigenvalue weighted by Crippen LogP contribution is 1.96. The fraction of sp³-hybridized carbons (Fsp3) is 0.429. The van der Waals surface area contributed by atoms with Gasteiger partial charge in [0.2, 0.25) is 4.74 Å². The molecule has 0 unspecified atom stereocenters. The van der Waals surface area contributed by atoms with Gasteiger partial charge in [0.05, 0.1) is 0 Å². The summed E-state index contributed by atoms with van der Waals surface area (Å²) in [6.45, 7) is 3.50. The molecule has 0 bridgehead atoms. The Hall–Kier alpha value is -0.900. The molecule has 0 radical (unpaired) electrons. The van der Waals surface area contributed by atoms with Gasteiger partial charge in [-0.2, -0.15) is 0 Å². The summed E-state index contributed by atoms with van der Waals surface area (Å²) >= 11 is 0.751. The van der Waals surface area contributed by atoms with Crippen molar-refractivity contribution in [2.75, 3.05) is 0 Å². The van der Waals surface area contributed by atoms with Crippen molar-refractivity contribution in [3.8, 4) is 0 Å². The van der Waals surface area contributed by atoms with Crippen LogP contribution in [0.1, 0.15) is 11.3 Å². The first-order valence-corrected chi connectivity index (χ1v) is 4.03. The Morgan fingerprint density at radius 1 is 1.27 bits per heavy atom. The smallest absolute Gasteiger partial charge is 0.307 e. The molecule has 3 nitrogen and oxygen atoms in total. The topological polar surface area (TPSA) is 39.1 Å². The minimum atomic E-state index is -0.196. The molecule has 11 heavy (non-hydrogen) atoms. The lowest BCUT2D eigenvalue weighted by molar-refractivity contribution is 0.829. The monoisotopic (exact) mass is 171 g/mol. The van der Waals surface area contributed by atoms with Crippen LogP contribution in [0.2, 0.25) is 0 Å². The van der Waals surface area contributed by atoms with Crippen LogP contribution in [0.3, 0.4) is 0 Å². The van der Waals surface area contributed by atoms with Crippen molar-refractivity contribution in [1.82, 2.24) is 4.57 Å². The van der Waals surface area contributed by atoms with E-state index in [2.05, 4.69) is 0 Å². The van der Waals surface area contributed by atoms with Crippen molar-refractivity contribution >= 4 is 11.3 Å². The zero-order valence-electron chi connectivity index (χ0n) is 6.67. The molecule has 0 spiro atoms. The van der Waals surface area contributed by atoms with Crippen LogP contribution in [0.5, 0.6) is 0 Å². The van der Waals surface area contributed by atoms with Crippen LogP contribution in [-0.4, -0.2) is 4.57 Å². The molecule has 0 aliphatic heterocycles. The van der Waals surface area contributed by atoms with Gasteiger partial charge >= 0.3 is 4.87 Å². The van der Waals surface area contributed by atoms with Crippen LogP contribution in [0.15, 0.2) is 9.59 Å². The van der Waals surface area contributed by atoms with E-state index >= 15 is 0 Å². The highest BCUT2D eigenvalue weighted by Gasteiger charge is 2.03. The first kappa shape index (κ1) is 8.20. The number of hydrogen-bond acceptors (Lipinski definition) is 3. The number of aromatic nitrogens is 1. The molecule has 4 heteroatoms.